The van der Waals surface area contributed by atoms with E-state index >= 15 is 0 Å². The lowest BCUT2D eigenvalue weighted by Gasteiger charge is -2.41. The summed E-state index contributed by atoms with van der Waals surface area (Å²) in [5, 5.41) is 12.3. The van der Waals surface area contributed by atoms with Gasteiger partial charge in [0.05, 0.1) is 36.3 Å². The van der Waals surface area contributed by atoms with Gasteiger partial charge in [0, 0.05) is 25.2 Å². The van der Waals surface area contributed by atoms with Gasteiger partial charge in [0.1, 0.15) is 5.76 Å². The fourth-order valence-corrected chi connectivity index (χ4v) is 3.34. The van der Waals surface area contributed by atoms with Crippen molar-refractivity contribution >= 4 is 0 Å². The predicted octanol–water partition coefficient (Wildman–Crippen LogP) is 1.23. The van der Waals surface area contributed by atoms with E-state index in [0.29, 0.717) is 6.61 Å². The summed E-state index contributed by atoms with van der Waals surface area (Å²) in [6.07, 6.45) is 3.07. The van der Waals surface area contributed by atoms with Crippen LogP contribution in [-0.4, -0.2) is 44.2 Å². The zero-order valence-electron chi connectivity index (χ0n) is 12.3. The Bertz CT molecular complexity index is 630. The highest BCUT2D eigenvalue weighted by molar-refractivity contribution is 5.20. The zero-order chi connectivity index (χ0) is 14.4. The van der Waals surface area contributed by atoms with Crippen LogP contribution in [0.1, 0.15) is 35.2 Å². The summed E-state index contributed by atoms with van der Waals surface area (Å²) in [7, 11) is 0. The molecule has 0 spiro atoms. The molecule has 4 rings (SSSR count). The van der Waals surface area contributed by atoms with Crippen LogP contribution in [0.2, 0.25) is 0 Å². The molecule has 1 fully saturated rings. The molecular weight excluding hydrogens is 270 g/mol. The molecule has 2 aliphatic rings. The lowest BCUT2D eigenvalue weighted by Crippen LogP contribution is -2.47. The Kier molecular flexibility index (Phi) is 3.04. The molecule has 0 aliphatic carbocycles. The molecule has 0 saturated carbocycles. The first-order valence-corrected chi connectivity index (χ1v) is 7.37. The van der Waals surface area contributed by atoms with E-state index in [1.165, 1.54) is 5.56 Å². The van der Waals surface area contributed by atoms with Gasteiger partial charge < -0.3 is 9.26 Å². The number of nitrogens with zero attached hydrogens (tertiary/aromatic N) is 5. The molecular formula is C14H19N5O2. The summed E-state index contributed by atoms with van der Waals surface area (Å²) in [6.45, 7) is 7.41. The van der Waals surface area contributed by atoms with Gasteiger partial charge in [0.15, 0.2) is 0 Å². The highest BCUT2D eigenvalue weighted by Gasteiger charge is 2.36. The molecule has 0 amide bonds. The Morgan fingerprint density at radius 1 is 1.38 bits per heavy atom. The van der Waals surface area contributed by atoms with Crippen LogP contribution in [0.3, 0.4) is 0 Å². The third-order valence-electron chi connectivity index (χ3n) is 4.58. The normalized spacial score (nSPS) is 25.6. The van der Waals surface area contributed by atoms with Crippen molar-refractivity contribution < 1.29 is 9.26 Å². The van der Waals surface area contributed by atoms with E-state index in [2.05, 4.69) is 20.4 Å². The van der Waals surface area contributed by atoms with Crippen LogP contribution in [0.25, 0.3) is 0 Å². The minimum Gasteiger partial charge on any atom is -0.370 e. The van der Waals surface area contributed by atoms with Crippen LogP contribution in [-0.2, 0) is 17.9 Å². The van der Waals surface area contributed by atoms with Crippen molar-refractivity contribution in [1.82, 2.24) is 25.1 Å². The van der Waals surface area contributed by atoms with E-state index in [1.807, 2.05) is 18.5 Å². The van der Waals surface area contributed by atoms with Crippen molar-refractivity contribution in [3.63, 3.8) is 0 Å². The van der Waals surface area contributed by atoms with Crippen LogP contribution in [0.5, 0.6) is 0 Å². The monoisotopic (exact) mass is 289 g/mol. The highest BCUT2D eigenvalue weighted by Crippen LogP contribution is 2.31. The summed E-state index contributed by atoms with van der Waals surface area (Å²) in [6, 6.07) is 0.255. The summed E-state index contributed by atoms with van der Waals surface area (Å²) in [5.41, 5.74) is 3.25. The van der Waals surface area contributed by atoms with Crippen molar-refractivity contribution in [2.45, 2.75) is 45.6 Å². The Morgan fingerprint density at radius 3 is 3.10 bits per heavy atom. The SMILES string of the molecule is Cc1noc(C)c1CN1CC[C@H]2OCc3cnnn3[C@H]2C1. The first kappa shape index (κ1) is 13.0. The lowest BCUT2D eigenvalue weighted by atomic mass is 9.99. The van der Waals surface area contributed by atoms with Crippen LogP contribution in [0.15, 0.2) is 10.7 Å². The van der Waals surface area contributed by atoms with E-state index in [4.69, 9.17) is 9.26 Å². The van der Waals surface area contributed by atoms with Gasteiger partial charge in [-0.1, -0.05) is 10.4 Å². The number of rotatable bonds is 2. The second-order valence-electron chi connectivity index (χ2n) is 5.91. The molecule has 112 valence electrons. The Labute approximate surface area is 122 Å². The Balaban J connectivity index is 1.54. The molecule has 0 unspecified atom stereocenters. The van der Waals surface area contributed by atoms with E-state index in [0.717, 1.165) is 43.2 Å². The quantitative estimate of drug-likeness (QED) is 0.828. The number of hydrogen-bond donors (Lipinski definition) is 0. The topological polar surface area (TPSA) is 69.2 Å². The van der Waals surface area contributed by atoms with Crippen molar-refractivity contribution in [1.29, 1.82) is 0 Å². The Morgan fingerprint density at radius 2 is 2.29 bits per heavy atom. The van der Waals surface area contributed by atoms with Gasteiger partial charge in [-0.15, -0.1) is 5.10 Å². The third kappa shape index (κ3) is 2.16. The maximum Gasteiger partial charge on any atom is 0.138 e. The molecule has 0 aromatic carbocycles. The van der Waals surface area contributed by atoms with Gasteiger partial charge in [-0.05, 0) is 20.3 Å². The van der Waals surface area contributed by atoms with E-state index < -0.39 is 0 Å². The van der Waals surface area contributed by atoms with Crippen molar-refractivity contribution in [3.8, 4) is 0 Å². The summed E-state index contributed by atoms with van der Waals surface area (Å²) in [4.78, 5) is 2.42. The summed E-state index contributed by atoms with van der Waals surface area (Å²) in [5.74, 6) is 0.913. The molecule has 0 radical (unpaired) electrons. The van der Waals surface area contributed by atoms with Gasteiger partial charge in [0.25, 0.3) is 0 Å². The van der Waals surface area contributed by atoms with Crippen molar-refractivity contribution in [2.24, 2.45) is 0 Å². The molecule has 7 heteroatoms. The van der Waals surface area contributed by atoms with Crippen molar-refractivity contribution in [2.75, 3.05) is 13.1 Å². The van der Waals surface area contributed by atoms with Gasteiger partial charge in [-0.25, -0.2) is 4.68 Å². The predicted molar refractivity (Wildman–Crippen MR) is 73.5 cm³/mol. The van der Waals surface area contributed by atoms with Crippen LogP contribution in [0, 0.1) is 13.8 Å². The van der Waals surface area contributed by atoms with E-state index in [1.54, 1.807) is 6.20 Å². The number of likely N-dealkylation sites (tertiary alicyclic amines) is 1. The maximum absolute atomic E-state index is 5.94. The minimum atomic E-state index is 0.250. The molecule has 0 bridgehead atoms. The van der Waals surface area contributed by atoms with Crippen LogP contribution < -0.4 is 0 Å². The molecule has 7 nitrogen and oxygen atoms in total. The zero-order valence-corrected chi connectivity index (χ0v) is 12.3. The number of aryl methyl sites for hydroxylation is 2. The third-order valence-corrected chi connectivity index (χ3v) is 4.58. The average Bonchev–Trinajstić information content (AvgIpc) is 3.09. The average molecular weight is 289 g/mol. The van der Waals surface area contributed by atoms with Gasteiger partial charge in [0.2, 0.25) is 0 Å². The fourth-order valence-electron chi connectivity index (χ4n) is 3.34. The molecule has 1 saturated heterocycles. The molecule has 2 aromatic heterocycles. The highest BCUT2D eigenvalue weighted by atomic mass is 16.5. The first-order valence-electron chi connectivity index (χ1n) is 7.37. The van der Waals surface area contributed by atoms with Crippen LogP contribution >= 0.6 is 0 Å². The molecule has 21 heavy (non-hydrogen) atoms. The van der Waals surface area contributed by atoms with Gasteiger partial charge >= 0.3 is 0 Å². The smallest absolute Gasteiger partial charge is 0.138 e. The van der Waals surface area contributed by atoms with E-state index in [9.17, 15) is 0 Å². The summed E-state index contributed by atoms with van der Waals surface area (Å²) >= 11 is 0. The second-order valence-corrected chi connectivity index (χ2v) is 5.91. The number of hydrogen-bond acceptors (Lipinski definition) is 6. The summed E-state index contributed by atoms with van der Waals surface area (Å²) < 4.78 is 13.2. The standard InChI is InChI=1S/C14H19N5O2/c1-9-12(10(2)21-16-9)6-18-4-3-14-13(7-18)19-11(8-20-14)5-15-17-19/h5,13-14H,3-4,6-8H2,1-2H3/t13-,14+/m0/s1. The molecule has 2 atom stereocenters. The van der Waals surface area contributed by atoms with E-state index in [-0.39, 0.29) is 12.1 Å². The minimum absolute atomic E-state index is 0.250. The number of aromatic nitrogens is 4. The fraction of sp³-hybridized carbons (Fsp3) is 0.643. The molecule has 2 aliphatic heterocycles. The maximum atomic E-state index is 5.94. The first-order chi connectivity index (χ1) is 10.2. The number of fused-ring (bicyclic) bond motifs is 3. The van der Waals surface area contributed by atoms with Crippen LogP contribution in [0.4, 0.5) is 0 Å². The van der Waals surface area contributed by atoms with Gasteiger partial charge in [-0.2, -0.15) is 0 Å². The largest absolute Gasteiger partial charge is 0.370 e. The Hall–Kier alpha value is -1.73. The second kappa shape index (κ2) is 4.92. The molecule has 0 N–H and O–H groups in total. The number of piperidine rings is 1. The lowest BCUT2D eigenvalue weighted by molar-refractivity contribution is -0.0670. The van der Waals surface area contributed by atoms with Crippen molar-refractivity contribution in [3.05, 3.63) is 28.9 Å². The number of ether oxygens (including phenoxy) is 1. The molecule has 2 aromatic rings. The van der Waals surface area contributed by atoms with Gasteiger partial charge in [-0.3, -0.25) is 4.90 Å². The molecule has 4 heterocycles.